The summed E-state index contributed by atoms with van der Waals surface area (Å²) >= 11 is 0. The zero-order valence-corrected chi connectivity index (χ0v) is 14.3. The molecule has 1 aliphatic rings. The van der Waals surface area contributed by atoms with Gasteiger partial charge in [0.25, 0.3) is 5.91 Å². The number of ether oxygens (including phenoxy) is 2. The molecule has 7 nitrogen and oxygen atoms in total. The van der Waals surface area contributed by atoms with Gasteiger partial charge in [-0.15, -0.1) is 0 Å². The fraction of sp³-hybridized carbons (Fsp3) is 0.444. The summed E-state index contributed by atoms with van der Waals surface area (Å²) in [5, 5.41) is 10.3. The molecule has 1 aromatic carbocycles. The standard InChI is InChI=1S/C18H22N2O5/c1-24-8-7-19-11-14(13-5-3-4-6-15(13)19)17(21)20-10-12(25-2)9-16(20)18(22)23/h3-6,11-12,16H,7-10H2,1-2H3,(H,22,23). The van der Waals surface area contributed by atoms with Crippen LogP contribution in [0, 0.1) is 0 Å². The Hall–Kier alpha value is -2.38. The van der Waals surface area contributed by atoms with Crippen LogP contribution in [0.5, 0.6) is 0 Å². The van der Waals surface area contributed by atoms with E-state index in [1.807, 2.05) is 28.8 Å². The lowest BCUT2D eigenvalue weighted by Gasteiger charge is -2.20. The molecule has 134 valence electrons. The van der Waals surface area contributed by atoms with E-state index in [0.717, 1.165) is 10.9 Å². The van der Waals surface area contributed by atoms with E-state index >= 15 is 0 Å². The fourth-order valence-electron chi connectivity index (χ4n) is 3.37. The first-order chi connectivity index (χ1) is 12.1. The van der Waals surface area contributed by atoms with E-state index in [1.54, 1.807) is 13.3 Å². The fourth-order valence-corrected chi connectivity index (χ4v) is 3.37. The first-order valence-corrected chi connectivity index (χ1v) is 8.20. The third-order valence-electron chi connectivity index (χ3n) is 4.70. The lowest BCUT2D eigenvalue weighted by Crippen LogP contribution is -2.40. The zero-order chi connectivity index (χ0) is 18.0. The first kappa shape index (κ1) is 17.4. The number of amides is 1. The molecule has 25 heavy (non-hydrogen) atoms. The van der Waals surface area contributed by atoms with Gasteiger partial charge in [-0.05, 0) is 6.07 Å². The zero-order valence-electron chi connectivity index (χ0n) is 14.3. The number of carboxylic acids is 1. The summed E-state index contributed by atoms with van der Waals surface area (Å²) in [6, 6.07) is 6.75. The van der Waals surface area contributed by atoms with Gasteiger partial charge in [-0.25, -0.2) is 4.79 Å². The summed E-state index contributed by atoms with van der Waals surface area (Å²) in [7, 11) is 3.17. The van der Waals surface area contributed by atoms with Crippen LogP contribution in [0.1, 0.15) is 16.8 Å². The summed E-state index contributed by atoms with van der Waals surface area (Å²) in [6.07, 6.45) is 1.83. The van der Waals surface area contributed by atoms with Crippen LogP contribution in [0.15, 0.2) is 30.5 Å². The van der Waals surface area contributed by atoms with Crippen LogP contribution in [0.3, 0.4) is 0 Å². The van der Waals surface area contributed by atoms with Crippen LogP contribution in [0.4, 0.5) is 0 Å². The van der Waals surface area contributed by atoms with Crippen molar-refractivity contribution < 1.29 is 24.2 Å². The van der Waals surface area contributed by atoms with Crippen molar-refractivity contribution in [1.29, 1.82) is 0 Å². The third kappa shape index (κ3) is 3.25. The van der Waals surface area contributed by atoms with Gasteiger partial charge in [0.2, 0.25) is 0 Å². The molecule has 1 amide bonds. The number of aromatic nitrogens is 1. The predicted molar refractivity (Wildman–Crippen MR) is 91.7 cm³/mol. The van der Waals surface area contributed by atoms with Crippen LogP contribution in [0.25, 0.3) is 10.9 Å². The lowest BCUT2D eigenvalue weighted by atomic mass is 10.1. The number of nitrogens with zero attached hydrogens (tertiary/aromatic N) is 2. The molecule has 2 aromatic rings. The van der Waals surface area contributed by atoms with Gasteiger partial charge in [0, 0.05) is 50.8 Å². The van der Waals surface area contributed by atoms with E-state index in [1.165, 1.54) is 12.0 Å². The van der Waals surface area contributed by atoms with Gasteiger partial charge >= 0.3 is 5.97 Å². The molecule has 2 heterocycles. The van der Waals surface area contributed by atoms with Crippen LogP contribution >= 0.6 is 0 Å². The van der Waals surface area contributed by atoms with E-state index in [4.69, 9.17) is 9.47 Å². The van der Waals surface area contributed by atoms with E-state index in [-0.39, 0.29) is 18.6 Å². The minimum Gasteiger partial charge on any atom is -0.480 e. The number of rotatable bonds is 6. The Labute approximate surface area is 145 Å². The van der Waals surface area contributed by atoms with Gasteiger partial charge in [0.15, 0.2) is 0 Å². The number of carbonyl (C=O) groups is 2. The highest BCUT2D eigenvalue weighted by atomic mass is 16.5. The second-order valence-corrected chi connectivity index (χ2v) is 6.15. The molecule has 1 saturated heterocycles. The largest absolute Gasteiger partial charge is 0.480 e. The molecule has 0 bridgehead atoms. The van der Waals surface area contributed by atoms with Crippen LogP contribution in [0.2, 0.25) is 0 Å². The van der Waals surface area contributed by atoms with Crippen molar-refractivity contribution in [3.8, 4) is 0 Å². The molecule has 1 aromatic heterocycles. The minimum absolute atomic E-state index is 0.258. The summed E-state index contributed by atoms with van der Waals surface area (Å²) in [6.45, 7) is 1.43. The molecule has 2 atom stereocenters. The molecule has 0 aliphatic carbocycles. The van der Waals surface area contributed by atoms with Crippen LogP contribution in [-0.2, 0) is 20.8 Å². The second-order valence-electron chi connectivity index (χ2n) is 6.15. The van der Waals surface area contributed by atoms with Crippen molar-refractivity contribution in [2.45, 2.75) is 25.1 Å². The van der Waals surface area contributed by atoms with Gasteiger partial charge in [0.05, 0.1) is 18.3 Å². The van der Waals surface area contributed by atoms with Gasteiger partial charge in [-0.1, -0.05) is 18.2 Å². The monoisotopic (exact) mass is 346 g/mol. The van der Waals surface area contributed by atoms with Gasteiger partial charge in [0.1, 0.15) is 6.04 Å². The van der Waals surface area contributed by atoms with Crippen molar-refractivity contribution in [1.82, 2.24) is 9.47 Å². The Morgan fingerprint density at radius 3 is 2.72 bits per heavy atom. The highest BCUT2D eigenvalue weighted by Crippen LogP contribution is 2.27. The maximum Gasteiger partial charge on any atom is 0.326 e. The third-order valence-corrected chi connectivity index (χ3v) is 4.70. The minimum atomic E-state index is -1.00. The Bertz CT molecular complexity index is 785. The summed E-state index contributed by atoms with van der Waals surface area (Å²) < 4.78 is 12.4. The Morgan fingerprint density at radius 2 is 2.04 bits per heavy atom. The number of hydrogen-bond acceptors (Lipinski definition) is 4. The molecule has 7 heteroatoms. The Morgan fingerprint density at radius 1 is 1.28 bits per heavy atom. The molecule has 1 fully saturated rings. The number of carboxylic acid groups (broad SMARTS) is 1. The normalized spacial score (nSPS) is 20.3. The average molecular weight is 346 g/mol. The predicted octanol–water partition coefficient (Wildman–Crippen LogP) is 1.60. The highest BCUT2D eigenvalue weighted by molar-refractivity contribution is 6.08. The highest BCUT2D eigenvalue weighted by Gasteiger charge is 2.40. The number of para-hydroxylation sites is 1. The first-order valence-electron chi connectivity index (χ1n) is 8.20. The Balaban J connectivity index is 1.97. The maximum atomic E-state index is 13.1. The van der Waals surface area contributed by atoms with Crippen molar-refractivity contribution >= 4 is 22.8 Å². The van der Waals surface area contributed by atoms with Gasteiger partial charge in [-0.2, -0.15) is 0 Å². The molecule has 0 saturated carbocycles. The van der Waals surface area contributed by atoms with Gasteiger partial charge in [-0.3, -0.25) is 4.79 Å². The molecule has 1 aliphatic heterocycles. The average Bonchev–Trinajstić information content (AvgIpc) is 3.21. The van der Waals surface area contributed by atoms with E-state index < -0.39 is 12.0 Å². The molecule has 1 N–H and O–H groups in total. The molecule has 3 rings (SSSR count). The second kappa shape index (κ2) is 7.25. The number of benzene rings is 1. The van der Waals surface area contributed by atoms with E-state index in [0.29, 0.717) is 25.1 Å². The number of hydrogen-bond donors (Lipinski definition) is 1. The summed E-state index contributed by atoms with van der Waals surface area (Å²) in [4.78, 5) is 26.0. The number of methoxy groups -OCH3 is 2. The molecular weight excluding hydrogens is 324 g/mol. The topological polar surface area (TPSA) is 81.0 Å². The quantitative estimate of drug-likeness (QED) is 0.859. The summed E-state index contributed by atoms with van der Waals surface area (Å²) in [5.41, 5.74) is 1.44. The van der Waals surface area contributed by atoms with Crippen molar-refractivity contribution in [2.75, 3.05) is 27.4 Å². The molecule has 0 spiro atoms. The number of fused-ring (bicyclic) bond motifs is 1. The SMILES string of the molecule is COCCn1cc(C(=O)N2CC(OC)CC2C(=O)O)c2ccccc21. The smallest absolute Gasteiger partial charge is 0.326 e. The van der Waals surface area contributed by atoms with Crippen molar-refractivity contribution in [3.05, 3.63) is 36.0 Å². The van der Waals surface area contributed by atoms with E-state index in [2.05, 4.69) is 0 Å². The lowest BCUT2D eigenvalue weighted by molar-refractivity contribution is -0.141. The number of aliphatic carboxylic acids is 1. The Kier molecular flexibility index (Phi) is 5.06. The molecular formula is C18H22N2O5. The molecule has 0 radical (unpaired) electrons. The van der Waals surface area contributed by atoms with Crippen LogP contribution in [-0.4, -0.2) is 66.0 Å². The molecule has 2 unspecified atom stereocenters. The number of carbonyl (C=O) groups excluding carboxylic acids is 1. The van der Waals surface area contributed by atoms with Crippen molar-refractivity contribution in [3.63, 3.8) is 0 Å². The van der Waals surface area contributed by atoms with Gasteiger partial charge < -0.3 is 24.0 Å². The maximum absolute atomic E-state index is 13.1. The van der Waals surface area contributed by atoms with Crippen molar-refractivity contribution in [2.24, 2.45) is 0 Å². The number of likely N-dealkylation sites (tertiary alicyclic amines) is 1. The summed E-state index contributed by atoms with van der Waals surface area (Å²) in [5.74, 6) is -1.28. The van der Waals surface area contributed by atoms with E-state index in [9.17, 15) is 14.7 Å². The van der Waals surface area contributed by atoms with Crippen LogP contribution < -0.4 is 0 Å².